The van der Waals surface area contributed by atoms with Crippen LogP contribution in [0.4, 0.5) is 0 Å². The highest BCUT2D eigenvalue weighted by molar-refractivity contribution is 7.86. The van der Waals surface area contributed by atoms with Gasteiger partial charge in [0.05, 0.1) is 32.0 Å². The SMILES string of the molecule is CS(=O)(=O)OCCC(COS(C)(=O)=O)OS(C)(=O)=O. The third-order valence-electron chi connectivity index (χ3n) is 1.52. The van der Waals surface area contributed by atoms with Gasteiger partial charge in [0.25, 0.3) is 30.4 Å². The maximum atomic E-state index is 10.9. The fourth-order valence-electron chi connectivity index (χ4n) is 0.937. The molecule has 116 valence electrons. The molecule has 19 heavy (non-hydrogen) atoms. The van der Waals surface area contributed by atoms with Crippen molar-refractivity contribution in [1.82, 2.24) is 0 Å². The summed E-state index contributed by atoms with van der Waals surface area (Å²) in [5, 5.41) is 0. The van der Waals surface area contributed by atoms with E-state index >= 15 is 0 Å². The molecule has 1 unspecified atom stereocenters. The molecule has 0 aliphatic rings. The third-order valence-corrected chi connectivity index (χ3v) is 3.30. The van der Waals surface area contributed by atoms with Crippen molar-refractivity contribution in [3.05, 3.63) is 0 Å². The topological polar surface area (TPSA) is 130 Å². The molecule has 0 aliphatic heterocycles. The fraction of sp³-hybridized carbons (Fsp3) is 1.00. The average molecular weight is 340 g/mol. The van der Waals surface area contributed by atoms with Crippen molar-refractivity contribution in [2.75, 3.05) is 32.0 Å². The van der Waals surface area contributed by atoms with Crippen LogP contribution in [0.15, 0.2) is 0 Å². The first-order valence-corrected chi connectivity index (χ1v) is 10.3. The van der Waals surface area contributed by atoms with Crippen LogP contribution in [0, 0.1) is 0 Å². The third kappa shape index (κ3) is 14.0. The van der Waals surface area contributed by atoms with Crippen molar-refractivity contribution in [3.8, 4) is 0 Å². The summed E-state index contributed by atoms with van der Waals surface area (Å²) in [6.45, 7) is -0.912. The quantitative estimate of drug-likeness (QED) is 0.469. The Labute approximate surface area is 113 Å². The van der Waals surface area contributed by atoms with E-state index in [0.29, 0.717) is 0 Å². The summed E-state index contributed by atoms with van der Waals surface area (Å²) >= 11 is 0. The minimum atomic E-state index is -3.84. The van der Waals surface area contributed by atoms with Crippen LogP contribution in [-0.4, -0.2) is 63.3 Å². The summed E-state index contributed by atoms with van der Waals surface area (Å²) in [6, 6.07) is 0. The number of rotatable bonds is 9. The Bertz CT molecular complexity index is 571. The lowest BCUT2D eigenvalue weighted by atomic mass is 10.3. The zero-order valence-corrected chi connectivity index (χ0v) is 13.0. The summed E-state index contributed by atoms with van der Waals surface area (Å²) in [5.41, 5.74) is 0. The van der Waals surface area contributed by atoms with Gasteiger partial charge in [-0.3, -0.25) is 12.5 Å². The van der Waals surface area contributed by atoms with Gasteiger partial charge in [-0.05, 0) is 0 Å². The van der Waals surface area contributed by atoms with Gasteiger partial charge in [-0.1, -0.05) is 0 Å². The van der Waals surface area contributed by atoms with E-state index in [2.05, 4.69) is 12.5 Å². The molecule has 0 fully saturated rings. The largest absolute Gasteiger partial charge is 0.270 e. The summed E-state index contributed by atoms with van der Waals surface area (Å²) in [6.07, 6.45) is 1.06. The first-order valence-electron chi connectivity index (χ1n) is 4.85. The smallest absolute Gasteiger partial charge is 0.264 e. The van der Waals surface area contributed by atoms with Crippen LogP contribution in [0.2, 0.25) is 0 Å². The lowest BCUT2D eigenvalue weighted by Gasteiger charge is -2.15. The molecule has 0 bridgehead atoms. The van der Waals surface area contributed by atoms with Gasteiger partial charge in [-0.15, -0.1) is 0 Å². The Morgan fingerprint density at radius 1 is 0.789 bits per heavy atom. The number of hydrogen-bond donors (Lipinski definition) is 0. The molecular weight excluding hydrogens is 324 g/mol. The van der Waals surface area contributed by atoms with E-state index in [9.17, 15) is 25.3 Å². The highest BCUT2D eigenvalue weighted by Crippen LogP contribution is 2.07. The van der Waals surface area contributed by atoms with Crippen LogP contribution in [0.1, 0.15) is 6.42 Å². The second kappa shape index (κ2) is 6.95. The van der Waals surface area contributed by atoms with Gasteiger partial charge in [-0.25, -0.2) is 0 Å². The van der Waals surface area contributed by atoms with Crippen LogP contribution in [0.3, 0.4) is 0 Å². The first-order chi connectivity index (χ1) is 8.29. The highest BCUT2D eigenvalue weighted by Gasteiger charge is 2.19. The summed E-state index contributed by atoms with van der Waals surface area (Å²) in [7, 11) is -11.3. The van der Waals surface area contributed by atoms with E-state index in [1.807, 2.05) is 0 Å². The second-order valence-electron chi connectivity index (χ2n) is 3.73. The van der Waals surface area contributed by atoms with Crippen LogP contribution in [0.5, 0.6) is 0 Å². The predicted octanol–water partition coefficient (Wildman–Crippen LogP) is -1.33. The molecule has 9 nitrogen and oxygen atoms in total. The molecule has 0 aliphatic carbocycles. The molecule has 0 aromatic rings. The Kier molecular flexibility index (Phi) is 6.85. The zero-order chi connectivity index (χ0) is 15.3. The average Bonchev–Trinajstić information content (AvgIpc) is 2.08. The molecule has 1 atom stereocenters. The van der Waals surface area contributed by atoms with E-state index in [0.717, 1.165) is 18.8 Å². The highest BCUT2D eigenvalue weighted by atomic mass is 32.2. The van der Waals surface area contributed by atoms with Gasteiger partial charge in [0, 0.05) is 6.42 Å². The Morgan fingerprint density at radius 3 is 1.63 bits per heavy atom. The summed E-state index contributed by atoms with van der Waals surface area (Å²) in [4.78, 5) is 0. The standard InChI is InChI=1S/C7H16O9S3/c1-17(8,9)14-5-4-7(16-19(3,12)13)6-15-18(2,10)11/h7H,4-6H2,1-3H3. The lowest BCUT2D eigenvalue weighted by molar-refractivity contribution is 0.116. The molecule has 12 heteroatoms. The minimum Gasteiger partial charge on any atom is -0.270 e. The maximum absolute atomic E-state index is 10.9. The normalized spacial score (nSPS) is 15.3. The Balaban J connectivity index is 4.51. The van der Waals surface area contributed by atoms with Crippen molar-refractivity contribution in [2.45, 2.75) is 12.5 Å². The van der Waals surface area contributed by atoms with Crippen molar-refractivity contribution in [1.29, 1.82) is 0 Å². The summed E-state index contributed by atoms with van der Waals surface area (Å²) < 4.78 is 78.2. The van der Waals surface area contributed by atoms with Gasteiger partial charge in [0.1, 0.15) is 6.10 Å². The fourth-order valence-corrected chi connectivity index (χ4v) is 2.38. The molecule has 0 amide bonds. The van der Waals surface area contributed by atoms with Crippen LogP contribution < -0.4 is 0 Å². The van der Waals surface area contributed by atoms with E-state index in [-0.39, 0.29) is 13.0 Å². The Morgan fingerprint density at radius 2 is 1.26 bits per heavy atom. The molecule has 0 N–H and O–H groups in total. The second-order valence-corrected chi connectivity index (χ2v) is 8.61. The zero-order valence-electron chi connectivity index (χ0n) is 10.6. The molecule has 0 radical (unpaired) electrons. The van der Waals surface area contributed by atoms with Crippen LogP contribution >= 0.6 is 0 Å². The van der Waals surface area contributed by atoms with E-state index in [1.165, 1.54) is 0 Å². The van der Waals surface area contributed by atoms with Crippen LogP contribution in [0.25, 0.3) is 0 Å². The van der Waals surface area contributed by atoms with Gasteiger partial charge >= 0.3 is 0 Å². The van der Waals surface area contributed by atoms with E-state index < -0.39 is 43.1 Å². The first kappa shape index (κ1) is 18.7. The van der Waals surface area contributed by atoms with Crippen LogP contribution in [-0.2, 0) is 42.9 Å². The van der Waals surface area contributed by atoms with E-state index in [4.69, 9.17) is 0 Å². The van der Waals surface area contributed by atoms with Gasteiger partial charge in [0.15, 0.2) is 0 Å². The molecule has 0 heterocycles. The number of hydrogen-bond acceptors (Lipinski definition) is 9. The van der Waals surface area contributed by atoms with Crippen molar-refractivity contribution in [3.63, 3.8) is 0 Å². The maximum Gasteiger partial charge on any atom is 0.264 e. The lowest BCUT2D eigenvalue weighted by Crippen LogP contribution is -2.26. The molecule has 0 saturated carbocycles. The summed E-state index contributed by atoms with van der Waals surface area (Å²) in [5.74, 6) is 0. The molecule has 0 spiro atoms. The van der Waals surface area contributed by atoms with Crippen molar-refractivity contribution in [2.24, 2.45) is 0 Å². The molecule has 0 aromatic heterocycles. The molecular formula is C7H16O9S3. The van der Waals surface area contributed by atoms with Gasteiger partial charge < -0.3 is 0 Å². The van der Waals surface area contributed by atoms with Crippen molar-refractivity contribution < 1.29 is 37.8 Å². The minimum absolute atomic E-state index is 0.171. The van der Waals surface area contributed by atoms with Crippen molar-refractivity contribution >= 4 is 30.4 Å². The molecule has 0 aromatic carbocycles. The Hall–Kier alpha value is -0.270. The molecule has 0 rings (SSSR count). The predicted molar refractivity (Wildman–Crippen MR) is 65.9 cm³/mol. The molecule has 0 saturated heterocycles. The monoisotopic (exact) mass is 340 g/mol. The van der Waals surface area contributed by atoms with Gasteiger partial charge in [-0.2, -0.15) is 25.3 Å². The van der Waals surface area contributed by atoms with Gasteiger partial charge in [0.2, 0.25) is 0 Å². The van der Waals surface area contributed by atoms with E-state index in [1.54, 1.807) is 0 Å².